The smallest absolute Gasteiger partial charge is 0.191 e. The Bertz CT molecular complexity index is 708. The monoisotopic (exact) mass is 533 g/mol. The summed E-state index contributed by atoms with van der Waals surface area (Å²) in [5.41, 5.74) is 2.27. The van der Waals surface area contributed by atoms with Crippen molar-refractivity contribution in [3.63, 3.8) is 0 Å². The van der Waals surface area contributed by atoms with Gasteiger partial charge in [0.05, 0.1) is 25.2 Å². The first-order valence-electron chi connectivity index (χ1n) is 8.13. The predicted octanol–water partition coefficient (Wildman–Crippen LogP) is 4.34. The zero-order valence-electron chi connectivity index (χ0n) is 15.2. The van der Waals surface area contributed by atoms with Crippen LogP contribution < -0.4 is 20.1 Å². The van der Waals surface area contributed by atoms with Gasteiger partial charge in [-0.25, -0.2) is 4.99 Å². The molecule has 142 valence electrons. The van der Waals surface area contributed by atoms with Crippen molar-refractivity contribution in [2.45, 2.75) is 20.0 Å². The second-order valence-electron chi connectivity index (χ2n) is 5.37. The summed E-state index contributed by atoms with van der Waals surface area (Å²) < 4.78 is 11.4. The van der Waals surface area contributed by atoms with Crippen molar-refractivity contribution in [3.8, 4) is 11.5 Å². The van der Waals surface area contributed by atoms with Crippen LogP contribution in [0, 0.1) is 0 Å². The van der Waals surface area contributed by atoms with Crippen LogP contribution >= 0.6 is 39.9 Å². The number of guanidine groups is 1. The maximum Gasteiger partial charge on any atom is 0.191 e. The van der Waals surface area contributed by atoms with Crippen LogP contribution in [-0.4, -0.2) is 26.7 Å². The molecule has 26 heavy (non-hydrogen) atoms. The third kappa shape index (κ3) is 7.03. The van der Waals surface area contributed by atoms with Crippen LogP contribution in [0.1, 0.15) is 18.1 Å². The van der Waals surface area contributed by atoms with E-state index >= 15 is 0 Å². The molecule has 0 spiro atoms. The van der Waals surface area contributed by atoms with E-state index in [4.69, 9.17) is 9.47 Å². The van der Waals surface area contributed by atoms with Crippen molar-refractivity contribution in [2.75, 3.05) is 20.8 Å². The number of aliphatic imine (C=N–C) groups is 1. The molecule has 0 aliphatic heterocycles. The number of nitrogens with zero attached hydrogens (tertiary/aromatic N) is 1. The molecule has 0 radical (unpaired) electrons. The Hall–Kier alpha value is -1.48. The number of rotatable bonds is 7. The van der Waals surface area contributed by atoms with Crippen LogP contribution in [0.25, 0.3) is 0 Å². The summed E-state index contributed by atoms with van der Waals surface area (Å²) in [7, 11) is 3.32. The van der Waals surface area contributed by atoms with Crippen LogP contribution in [0.15, 0.2) is 51.9 Å². The predicted molar refractivity (Wildman–Crippen MR) is 121 cm³/mol. The highest BCUT2D eigenvalue weighted by Gasteiger charge is 2.03. The van der Waals surface area contributed by atoms with Crippen molar-refractivity contribution in [1.82, 2.24) is 10.6 Å². The molecular weight excluding hydrogens is 509 g/mol. The minimum Gasteiger partial charge on any atom is -0.497 e. The first kappa shape index (κ1) is 22.6. The van der Waals surface area contributed by atoms with Crippen LogP contribution in [0.5, 0.6) is 11.5 Å². The van der Waals surface area contributed by atoms with Crippen LogP contribution in [0.3, 0.4) is 0 Å². The summed E-state index contributed by atoms with van der Waals surface area (Å²) in [5.74, 6) is 2.46. The van der Waals surface area contributed by atoms with Crippen LogP contribution in [0.4, 0.5) is 0 Å². The molecule has 0 aromatic heterocycles. The standard InChI is InChI=1S/C19H24BrN3O2.HI/c1-4-21-19(22-12-14-5-8-16(24-2)9-6-14)23-13-15-7-10-18(25-3)17(20)11-15;/h5-11H,4,12-13H2,1-3H3,(H2,21,22,23);1H. The van der Waals surface area contributed by atoms with E-state index in [1.54, 1.807) is 14.2 Å². The maximum atomic E-state index is 5.25. The van der Waals surface area contributed by atoms with Crippen molar-refractivity contribution in [3.05, 3.63) is 58.1 Å². The highest BCUT2D eigenvalue weighted by atomic mass is 127. The number of halogens is 2. The lowest BCUT2D eigenvalue weighted by molar-refractivity contribution is 0.412. The Kier molecular flexibility index (Phi) is 10.4. The molecule has 7 heteroatoms. The molecule has 0 heterocycles. The van der Waals surface area contributed by atoms with Gasteiger partial charge in [-0.15, -0.1) is 24.0 Å². The van der Waals surface area contributed by atoms with E-state index in [2.05, 4.69) is 38.5 Å². The first-order chi connectivity index (χ1) is 12.2. The molecule has 2 aromatic carbocycles. The van der Waals surface area contributed by atoms with Gasteiger partial charge in [0.15, 0.2) is 5.96 Å². The summed E-state index contributed by atoms with van der Waals surface area (Å²) in [5, 5.41) is 6.60. The number of hydrogen-bond acceptors (Lipinski definition) is 3. The zero-order chi connectivity index (χ0) is 18.1. The van der Waals surface area contributed by atoms with Gasteiger partial charge in [0.1, 0.15) is 11.5 Å². The number of nitrogens with one attached hydrogen (secondary N) is 2. The first-order valence-corrected chi connectivity index (χ1v) is 8.93. The van der Waals surface area contributed by atoms with Gasteiger partial charge in [0, 0.05) is 13.1 Å². The fourth-order valence-corrected chi connectivity index (χ4v) is 2.84. The molecule has 2 aromatic rings. The quantitative estimate of drug-likeness (QED) is 0.316. The van der Waals surface area contributed by atoms with E-state index in [1.165, 1.54) is 5.56 Å². The number of methoxy groups -OCH3 is 2. The van der Waals surface area contributed by atoms with Gasteiger partial charge in [-0.1, -0.05) is 18.2 Å². The lowest BCUT2D eigenvalue weighted by atomic mass is 10.2. The third-order valence-corrected chi connectivity index (χ3v) is 4.22. The van der Waals surface area contributed by atoms with Gasteiger partial charge in [0.2, 0.25) is 0 Å². The fourth-order valence-electron chi connectivity index (χ4n) is 2.25. The average molecular weight is 534 g/mol. The lowest BCUT2D eigenvalue weighted by Gasteiger charge is -2.12. The zero-order valence-corrected chi connectivity index (χ0v) is 19.1. The van der Waals surface area contributed by atoms with E-state index in [0.717, 1.165) is 34.0 Å². The van der Waals surface area contributed by atoms with E-state index < -0.39 is 0 Å². The van der Waals surface area contributed by atoms with Gasteiger partial charge in [-0.2, -0.15) is 0 Å². The van der Waals surface area contributed by atoms with Gasteiger partial charge < -0.3 is 20.1 Å². The van der Waals surface area contributed by atoms with E-state index in [0.29, 0.717) is 13.1 Å². The Morgan fingerprint density at radius 1 is 1.00 bits per heavy atom. The molecule has 0 atom stereocenters. The topological polar surface area (TPSA) is 54.9 Å². The molecule has 0 amide bonds. The van der Waals surface area contributed by atoms with Crippen molar-refractivity contribution < 1.29 is 9.47 Å². The molecule has 5 nitrogen and oxygen atoms in total. The number of ether oxygens (including phenoxy) is 2. The Balaban J connectivity index is 0.00000338. The maximum absolute atomic E-state index is 5.25. The average Bonchev–Trinajstić information content (AvgIpc) is 2.64. The second-order valence-corrected chi connectivity index (χ2v) is 6.22. The second kappa shape index (κ2) is 12.0. The molecule has 0 bridgehead atoms. The van der Waals surface area contributed by atoms with Gasteiger partial charge >= 0.3 is 0 Å². The van der Waals surface area contributed by atoms with Crippen molar-refractivity contribution in [1.29, 1.82) is 0 Å². The molecule has 0 saturated carbocycles. The highest BCUT2D eigenvalue weighted by Crippen LogP contribution is 2.25. The van der Waals surface area contributed by atoms with Crippen molar-refractivity contribution >= 4 is 45.9 Å². The molecule has 0 aliphatic rings. The Morgan fingerprint density at radius 3 is 2.27 bits per heavy atom. The summed E-state index contributed by atoms with van der Waals surface area (Å²) in [4.78, 5) is 4.64. The molecule has 0 aliphatic carbocycles. The van der Waals surface area contributed by atoms with E-state index in [1.807, 2.05) is 42.5 Å². The number of benzene rings is 2. The molecule has 0 saturated heterocycles. The summed E-state index contributed by atoms with van der Waals surface area (Å²) in [6.07, 6.45) is 0. The van der Waals surface area contributed by atoms with Crippen LogP contribution in [0.2, 0.25) is 0 Å². The van der Waals surface area contributed by atoms with E-state index in [9.17, 15) is 0 Å². The summed E-state index contributed by atoms with van der Waals surface area (Å²) in [6.45, 7) is 4.14. The molecule has 2 rings (SSSR count). The molecule has 0 unspecified atom stereocenters. The molecule has 2 N–H and O–H groups in total. The summed E-state index contributed by atoms with van der Waals surface area (Å²) >= 11 is 3.50. The number of hydrogen-bond donors (Lipinski definition) is 2. The molecule has 0 fully saturated rings. The third-order valence-electron chi connectivity index (χ3n) is 3.60. The highest BCUT2D eigenvalue weighted by molar-refractivity contribution is 14.0. The minimum absolute atomic E-state index is 0. The van der Waals surface area contributed by atoms with Gasteiger partial charge in [0.25, 0.3) is 0 Å². The normalized spacial score (nSPS) is 10.7. The largest absolute Gasteiger partial charge is 0.497 e. The summed E-state index contributed by atoms with van der Waals surface area (Å²) in [6, 6.07) is 14.0. The Morgan fingerprint density at radius 2 is 1.69 bits per heavy atom. The SMILES string of the molecule is CCNC(=NCc1ccc(OC)c(Br)c1)NCc1ccc(OC)cc1.I. The van der Waals surface area contributed by atoms with Crippen molar-refractivity contribution in [2.24, 2.45) is 4.99 Å². The lowest BCUT2D eigenvalue weighted by Crippen LogP contribution is -2.36. The van der Waals surface area contributed by atoms with Gasteiger partial charge in [-0.3, -0.25) is 0 Å². The van der Waals surface area contributed by atoms with E-state index in [-0.39, 0.29) is 24.0 Å². The Labute approximate surface area is 180 Å². The van der Waals surface area contributed by atoms with Gasteiger partial charge in [-0.05, 0) is 58.2 Å². The molecular formula is C19H25BrIN3O2. The van der Waals surface area contributed by atoms with Crippen LogP contribution in [-0.2, 0) is 13.1 Å². The minimum atomic E-state index is 0. The fraction of sp³-hybridized carbons (Fsp3) is 0.316.